The molecule has 0 aliphatic carbocycles. The number of carbonyl (C=O) groups is 1. The van der Waals surface area contributed by atoms with Crippen LogP contribution in [-0.4, -0.2) is 43.0 Å². The van der Waals surface area contributed by atoms with E-state index in [1.54, 1.807) is 6.26 Å². The maximum absolute atomic E-state index is 11.9. The van der Waals surface area contributed by atoms with Crippen LogP contribution in [0.4, 0.5) is 0 Å². The van der Waals surface area contributed by atoms with Crippen LogP contribution in [0.3, 0.4) is 0 Å². The number of rotatable bonds is 4. The third-order valence-corrected chi connectivity index (χ3v) is 3.17. The first-order valence-electron chi connectivity index (χ1n) is 6.43. The fraction of sp³-hybridized carbons (Fsp3) is 0.615. The fourth-order valence-electron chi connectivity index (χ4n) is 2.25. The molecule has 0 radical (unpaired) electrons. The number of furan rings is 1. The predicted octanol–water partition coefficient (Wildman–Crippen LogP) is 0.750. The van der Waals surface area contributed by atoms with Gasteiger partial charge in [-0.05, 0) is 26.0 Å². The van der Waals surface area contributed by atoms with Gasteiger partial charge in [0, 0.05) is 25.7 Å². The fourth-order valence-corrected chi connectivity index (χ4v) is 2.25. The molecule has 2 unspecified atom stereocenters. The van der Waals surface area contributed by atoms with Crippen molar-refractivity contribution < 1.29 is 9.21 Å². The van der Waals surface area contributed by atoms with Gasteiger partial charge in [-0.2, -0.15) is 0 Å². The molecular weight excluding hydrogens is 230 g/mol. The standard InChI is InChI=1S/C13H21N3O2/c1-10-8-16(6-5-14-10)9-13(17)15-11(2)12-4-3-7-18-12/h3-4,7,10-11,14H,5-6,8-9H2,1-2H3,(H,15,17). The molecule has 0 saturated carbocycles. The molecule has 0 aromatic carbocycles. The van der Waals surface area contributed by atoms with Crippen LogP contribution in [0.15, 0.2) is 22.8 Å². The van der Waals surface area contributed by atoms with Crippen molar-refractivity contribution in [3.8, 4) is 0 Å². The van der Waals surface area contributed by atoms with Gasteiger partial charge in [0.15, 0.2) is 0 Å². The molecule has 2 atom stereocenters. The Balaban J connectivity index is 1.78. The number of nitrogens with one attached hydrogen (secondary N) is 2. The summed E-state index contributed by atoms with van der Waals surface area (Å²) in [6, 6.07) is 4.08. The first-order chi connectivity index (χ1) is 8.65. The average molecular weight is 251 g/mol. The minimum absolute atomic E-state index is 0.0491. The van der Waals surface area contributed by atoms with Gasteiger partial charge in [-0.25, -0.2) is 0 Å². The third-order valence-electron chi connectivity index (χ3n) is 3.17. The molecule has 1 aromatic heterocycles. The largest absolute Gasteiger partial charge is 0.467 e. The average Bonchev–Trinajstić information content (AvgIpc) is 2.81. The lowest BCUT2D eigenvalue weighted by Gasteiger charge is -2.31. The summed E-state index contributed by atoms with van der Waals surface area (Å²) in [4.78, 5) is 14.1. The zero-order valence-corrected chi connectivity index (χ0v) is 11.0. The highest BCUT2D eigenvalue weighted by atomic mass is 16.3. The highest BCUT2D eigenvalue weighted by molar-refractivity contribution is 5.78. The highest BCUT2D eigenvalue weighted by Gasteiger charge is 2.19. The quantitative estimate of drug-likeness (QED) is 0.829. The van der Waals surface area contributed by atoms with Crippen LogP contribution in [0.2, 0.25) is 0 Å². The highest BCUT2D eigenvalue weighted by Crippen LogP contribution is 2.11. The van der Waals surface area contributed by atoms with Gasteiger partial charge in [0.1, 0.15) is 5.76 Å². The van der Waals surface area contributed by atoms with Crippen molar-refractivity contribution >= 4 is 5.91 Å². The van der Waals surface area contributed by atoms with Crippen molar-refractivity contribution in [2.45, 2.75) is 25.9 Å². The minimum Gasteiger partial charge on any atom is -0.467 e. The van der Waals surface area contributed by atoms with E-state index in [9.17, 15) is 4.79 Å². The van der Waals surface area contributed by atoms with Crippen LogP contribution >= 0.6 is 0 Å². The summed E-state index contributed by atoms with van der Waals surface area (Å²) in [6.07, 6.45) is 1.62. The lowest BCUT2D eigenvalue weighted by molar-refractivity contribution is -0.123. The van der Waals surface area contributed by atoms with Crippen molar-refractivity contribution in [3.63, 3.8) is 0 Å². The number of nitrogens with zero attached hydrogens (tertiary/aromatic N) is 1. The molecule has 1 fully saturated rings. The molecule has 0 spiro atoms. The predicted molar refractivity (Wildman–Crippen MR) is 69.2 cm³/mol. The summed E-state index contributed by atoms with van der Waals surface area (Å²) < 4.78 is 5.26. The summed E-state index contributed by atoms with van der Waals surface area (Å²) >= 11 is 0. The van der Waals surface area contributed by atoms with E-state index in [1.165, 1.54) is 0 Å². The van der Waals surface area contributed by atoms with Crippen molar-refractivity contribution in [2.75, 3.05) is 26.2 Å². The van der Waals surface area contributed by atoms with E-state index in [1.807, 2.05) is 19.1 Å². The Labute approximate surface area is 108 Å². The molecule has 5 nitrogen and oxygen atoms in total. The molecule has 1 saturated heterocycles. The molecule has 0 bridgehead atoms. The summed E-state index contributed by atoms with van der Waals surface area (Å²) in [6.45, 7) is 7.31. The SMILES string of the molecule is CC1CN(CC(=O)NC(C)c2ccco2)CCN1. The second-order valence-electron chi connectivity index (χ2n) is 4.89. The van der Waals surface area contributed by atoms with Gasteiger partial charge in [-0.1, -0.05) is 0 Å². The summed E-state index contributed by atoms with van der Waals surface area (Å²) in [7, 11) is 0. The van der Waals surface area contributed by atoms with E-state index in [0.717, 1.165) is 25.4 Å². The molecule has 5 heteroatoms. The molecule has 1 aliphatic rings. The van der Waals surface area contributed by atoms with Crippen molar-refractivity contribution in [1.29, 1.82) is 0 Å². The van der Waals surface area contributed by atoms with Crippen molar-refractivity contribution in [3.05, 3.63) is 24.2 Å². The molecule has 1 aliphatic heterocycles. The first-order valence-corrected chi connectivity index (χ1v) is 6.43. The van der Waals surface area contributed by atoms with E-state index >= 15 is 0 Å². The Morgan fingerprint density at radius 1 is 1.72 bits per heavy atom. The van der Waals surface area contributed by atoms with Gasteiger partial charge >= 0.3 is 0 Å². The van der Waals surface area contributed by atoms with Crippen LogP contribution in [0.25, 0.3) is 0 Å². The zero-order chi connectivity index (χ0) is 13.0. The van der Waals surface area contributed by atoms with E-state index < -0.39 is 0 Å². The van der Waals surface area contributed by atoms with Crippen LogP contribution in [-0.2, 0) is 4.79 Å². The molecule has 2 rings (SSSR count). The second kappa shape index (κ2) is 6.02. The lowest BCUT2D eigenvalue weighted by Crippen LogP contribution is -2.51. The molecule has 2 N–H and O–H groups in total. The molecule has 2 heterocycles. The van der Waals surface area contributed by atoms with E-state index in [-0.39, 0.29) is 11.9 Å². The van der Waals surface area contributed by atoms with E-state index in [0.29, 0.717) is 12.6 Å². The minimum atomic E-state index is -0.0761. The van der Waals surface area contributed by atoms with Gasteiger partial charge in [0.05, 0.1) is 18.8 Å². The van der Waals surface area contributed by atoms with Crippen LogP contribution in [0.5, 0.6) is 0 Å². The molecule has 18 heavy (non-hydrogen) atoms. The van der Waals surface area contributed by atoms with Crippen molar-refractivity contribution in [2.24, 2.45) is 0 Å². The van der Waals surface area contributed by atoms with Crippen LogP contribution in [0.1, 0.15) is 25.6 Å². The lowest BCUT2D eigenvalue weighted by atomic mass is 10.2. The first kappa shape index (κ1) is 13.1. The summed E-state index contributed by atoms with van der Waals surface area (Å²) in [5.41, 5.74) is 0. The van der Waals surface area contributed by atoms with Crippen LogP contribution in [0, 0.1) is 0 Å². The van der Waals surface area contributed by atoms with Crippen LogP contribution < -0.4 is 10.6 Å². The Kier molecular flexibility index (Phi) is 4.38. The van der Waals surface area contributed by atoms with Gasteiger partial charge in [0.25, 0.3) is 0 Å². The second-order valence-corrected chi connectivity index (χ2v) is 4.89. The van der Waals surface area contributed by atoms with E-state index in [4.69, 9.17) is 4.42 Å². The molecular formula is C13H21N3O2. The topological polar surface area (TPSA) is 57.5 Å². The van der Waals surface area contributed by atoms with Gasteiger partial charge in [0.2, 0.25) is 5.91 Å². The number of carbonyl (C=O) groups excluding carboxylic acids is 1. The Hall–Kier alpha value is -1.33. The normalized spacial score (nSPS) is 22.7. The molecule has 1 amide bonds. The van der Waals surface area contributed by atoms with Crippen molar-refractivity contribution in [1.82, 2.24) is 15.5 Å². The maximum Gasteiger partial charge on any atom is 0.234 e. The Bertz CT molecular complexity index is 378. The smallest absolute Gasteiger partial charge is 0.234 e. The maximum atomic E-state index is 11.9. The third kappa shape index (κ3) is 3.58. The Morgan fingerprint density at radius 2 is 2.56 bits per heavy atom. The molecule has 100 valence electrons. The number of hydrogen-bond acceptors (Lipinski definition) is 4. The number of hydrogen-bond donors (Lipinski definition) is 2. The monoisotopic (exact) mass is 251 g/mol. The van der Waals surface area contributed by atoms with Gasteiger partial charge < -0.3 is 15.1 Å². The summed E-state index contributed by atoms with van der Waals surface area (Å²) in [5, 5.41) is 6.31. The number of amides is 1. The van der Waals surface area contributed by atoms with Gasteiger partial charge in [-0.15, -0.1) is 0 Å². The molecule has 1 aromatic rings. The Morgan fingerprint density at radius 3 is 3.22 bits per heavy atom. The summed E-state index contributed by atoms with van der Waals surface area (Å²) in [5.74, 6) is 0.838. The van der Waals surface area contributed by atoms with E-state index in [2.05, 4.69) is 22.5 Å². The number of piperazine rings is 1. The zero-order valence-electron chi connectivity index (χ0n) is 11.0. The van der Waals surface area contributed by atoms with Gasteiger partial charge in [-0.3, -0.25) is 9.69 Å².